The molecule has 1 aromatic carbocycles. The molecule has 10 heteroatoms. The summed E-state index contributed by atoms with van der Waals surface area (Å²) in [6.07, 6.45) is 2.91. The van der Waals surface area contributed by atoms with E-state index in [1.54, 1.807) is 12.1 Å². The summed E-state index contributed by atoms with van der Waals surface area (Å²) in [5.74, 6) is 1.49. The van der Waals surface area contributed by atoms with Crippen molar-refractivity contribution in [2.45, 2.75) is 18.9 Å². The lowest BCUT2D eigenvalue weighted by Gasteiger charge is -2.28. The van der Waals surface area contributed by atoms with Gasteiger partial charge >= 0.3 is 6.09 Å². The average molecular weight is 438 g/mol. The molecule has 0 spiro atoms. The van der Waals surface area contributed by atoms with Crippen molar-refractivity contribution in [3.8, 4) is 11.4 Å². The predicted octanol–water partition coefficient (Wildman–Crippen LogP) is 2.37. The van der Waals surface area contributed by atoms with Gasteiger partial charge in [0.15, 0.2) is 11.5 Å². The number of anilines is 2. The van der Waals surface area contributed by atoms with Gasteiger partial charge in [-0.15, -0.1) is 0 Å². The molecule has 10 nitrogen and oxygen atoms in total. The number of morpholine rings is 1. The highest BCUT2D eigenvalue weighted by Gasteiger charge is 2.24. The molecule has 2 aliphatic rings. The average Bonchev–Trinajstić information content (AvgIpc) is 3.28. The number of fused-ring (bicyclic) bond motifs is 1. The predicted molar refractivity (Wildman–Crippen MR) is 121 cm³/mol. The summed E-state index contributed by atoms with van der Waals surface area (Å²) in [4.78, 5) is 24.5. The lowest BCUT2D eigenvalue weighted by Crippen LogP contribution is -2.37. The number of nitrogens with zero attached hydrogens (tertiary/aromatic N) is 6. The Morgan fingerprint density at radius 3 is 2.56 bits per heavy atom. The molecule has 2 N–H and O–H groups in total. The first-order chi connectivity index (χ1) is 15.6. The van der Waals surface area contributed by atoms with E-state index in [-0.39, 0.29) is 0 Å². The maximum Gasteiger partial charge on any atom is 0.411 e. The van der Waals surface area contributed by atoms with E-state index < -0.39 is 6.09 Å². The second-order valence-corrected chi connectivity index (χ2v) is 8.17. The van der Waals surface area contributed by atoms with Gasteiger partial charge in [0.2, 0.25) is 0 Å². The summed E-state index contributed by atoms with van der Waals surface area (Å²) in [5.41, 5.74) is 2.27. The quantitative estimate of drug-likeness (QED) is 0.640. The number of carbonyl (C=O) groups is 1. The fraction of sp³-hybridized carbons (Fsp3) is 0.455. The highest BCUT2D eigenvalue weighted by atomic mass is 16.5. The molecular weight excluding hydrogens is 410 g/mol. The molecule has 32 heavy (non-hydrogen) atoms. The molecule has 0 saturated carbocycles. The van der Waals surface area contributed by atoms with E-state index in [4.69, 9.17) is 19.8 Å². The molecule has 3 aromatic rings. The number of carboxylic acid groups (broad SMARTS) is 1. The van der Waals surface area contributed by atoms with Gasteiger partial charge in [-0.3, -0.25) is 4.90 Å². The molecule has 2 aromatic heterocycles. The van der Waals surface area contributed by atoms with E-state index >= 15 is 0 Å². The minimum absolute atomic E-state index is 0.306. The first-order valence-corrected chi connectivity index (χ1v) is 11.0. The van der Waals surface area contributed by atoms with Gasteiger partial charge < -0.3 is 20.1 Å². The third kappa shape index (κ3) is 3.87. The van der Waals surface area contributed by atoms with Crippen LogP contribution in [0.3, 0.4) is 0 Å². The van der Waals surface area contributed by atoms with Crippen LogP contribution in [0.15, 0.2) is 30.5 Å². The van der Waals surface area contributed by atoms with Crippen LogP contribution < -0.4 is 15.1 Å². The van der Waals surface area contributed by atoms with Crippen molar-refractivity contribution in [1.29, 1.82) is 0 Å². The Kier molecular flexibility index (Phi) is 5.62. The summed E-state index contributed by atoms with van der Waals surface area (Å²) in [7, 11) is 1.52. The first kappa shape index (κ1) is 20.7. The van der Waals surface area contributed by atoms with Gasteiger partial charge in [-0.1, -0.05) is 0 Å². The van der Waals surface area contributed by atoms with Crippen molar-refractivity contribution in [2.24, 2.45) is 0 Å². The largest absolute Gasteiger partial charge is 0.465 e. The standard InChI is InChI=1S/C22H27N7O3/c1-27(22(30)31)16-4-2-15(3-5-16)19-25-20(28-10-12-32-13-11-28)18-14-24-29(21(18)26-19)17-6-8-23-9-7-17/h2-5,14,17,23H,6-13H2,1H3,(H,30,31). The molecule has 168 valence electrons. The zero-order chi connectivity index (χ0) is 22.1. The normalized spacial score (nSPS) is 17.6. The lowest BCUT2D eigenvalue weighted by molar-refractivity contribution is 0.122. The highest BCUT2D eigenvalue weighted by Crippen LogP contribution is 2.31. The molecule has 0 atom stereocenters. The minimum atomic E-state index is -1.00. The molecule has 4 heterocycles. The van der Waals surface area contributed by atoms with E-state index in [9.17, 15) is 9.90 Å². The Morgan fingerprint density at radius 1 is 1.16 bits per heavy atom. The molecule has 2 saturated heterocycles. The maximum absolute atomic E-state index is 11.3. The molecular formula is C22H27N7O3. The number of piperidine rings is 1. The Labute approximate surface area is 185 Å². The Hall–Kier alpha value is -3.24. The monoisotopic (exact) mass is 437 g/mol. The molecule has 0 radical (unpaired) electrons. The molecule has 0 aliphatic carbocycles. The van der Waals surface area contributed by atoms with Crippen LogP contribution in [0.5, 0.6) is 0 Å². The van der Waals surface area contributed by atoms with Crippen LogP contribution in [0.4, 0.5) is 16.3 Å². The van der Waals surface area contributed by atoms with E-state index in [1.165, 1.54) is 11.9 Å². The zero-order valence-electron chi connectivity index (χ0n) is 18.1. The van der Waals surface area contributed by atoms with Gasteiger partial charge in [0.05, 0.1) is 30.8 Å². The number of hydrogen-bond donors (Lipinski definition) is 2. The molecule has 5 rings (SSSR count). The number of nitrogens with one attached hydrogen (secondary N) is 1. The maximum atomic E-state index is 11.3. The fourth-order valence-electron chi connectivity index (χ4n) is 4.32. The van der Waals surface area contributed by atoms with Gasteiger partial charge in [0.25, 0.3) is 0 Å². The van der Waals surface area contributed by atoms with Gasteiger partial charge in [0.1, 0.15) is 5.82 Å². The minimum Gasteiger partial charge on any atom is -0.465 e. The van der Waals surface area contributed by atoms with Crippen molar-refractivity contribution in [3.63, 3.8) is 0 Å². The fourth-order valence-corrected chi connectivity index (χ4v) is 4.32. The Balaban J connectivity index is 1.59. The Morgan fingerprint density at radius 2 is 1.88 bits per heavy atom. The van der Waals surface area contributed by atoms with Gasteiger partial charge in [-0.05, 0) is 50.2 Å². The molecule has 0 bridgehead atoms. The van der Waals surface area contributed by atoms with Crippen LogP contribution in [0.1, 0.15) is 18.9 Å². The number of rotatable bonds is 4. The van der Waals surface area contributed by atoms with E-state index in [1.807, 2.05) is 18.3 Å². The van der Waals surface area contributed by atoms with Crippen LogP contribution >= 0.6 is 0 Å². The topological polar surface area (TPSA) is 109 Å². The van der Waals surface area contributed by atoms with Crippen molar-refractivity contribution >= 4 is 28.6 Å². The van der Waals surface area contributed by atoms with Crippen molar-refractivity contribution in [2.75, 3.05) is 56.2 Å². The summed E-state index contributed by atoms with van der Waals surface area (Å²) < 4.78 is 7.59. The summed E-state index contributed by atoms with van der Waals surface area (Å²) in [6.45, 7) is 4.81. The van der Waals surface area contributed by atoms with Gasteiger partial charge in [-0.25, -0.2) is 19.4 Å². The number of aromatic nitrogens is 4. The molecule has 2 aliphatic heterocycles. The number of amides is 1. The van der Waals surface area contributed by atoms with Crippen LogP contribution in [-0.2, 0) is 4.74 Å². The molecule has 2 fully saturated rings. The van der Waals surface area contributed by atoms with E-state index in [0.29, 0.717) is 30.8 Å². The number of hydrogen-bond acceptors (Lipinski definition) is 7. The van der Waals surface area contributed by atoms with Crippen molar-refractivity contribution < 1.29 is 14.6 Å². The van der Waals surface area contributed by atoms with E-state index in [2.05, 4.69) is 14.9 Å². The SMILES string of the molecule is CN(C(=O)O)c1ccc(-c2nc(N3CCOCC3)c3cnn(C4CCNCC4)c3n2)cc1. The van der Waals surface area contributed by atoms with Crippen LogP contribution in [-0.4, -0.2) is 77.4 Å². The number of benzene rings is 1. The van der Waals surface area contributed by atoms with Crippen molar-refractivity contribution in [1.82, 2.24) is 25.1 Å². The third-order valence-corrected chi connectivity index (χ3v) is 6.20. The zero-order valence-corrected chi connectivity index (χ0v) is 18.1. The van der Waals surface area contributed by atoms with Gasteiger partial charge in [0, 0.05) is 31.4 Å². The second kappa shape index (κ2) is 8.71. The number of ether oxygens (including phenoxy) is 1. The van der Waals surface area contributed by atoms with Crippen LogP contribution in [0, 0.1) is 0 Å². The summed E-state index contributed by atoms with van der Waals surface area (Å²) in [6, 6.07) is 7.58. The Bertz CT molecular complexity index is 1100. The molecule has 0 unspecified atom stereocenters. The highest BCUT2D eigenvalue weighted by molar-refractivity contribution is 5.89. The lowest BCUT2D eigenvalue weighted by atomic mass is 10.1. The third-order valence-electron chi connectivity index (χ3n) is 6.20. The van der Waals surface area contributed by atoms with Crippen LogP contribution in [0.2, 0.25) is 0 Å². The summed E-state index contributed by atoms with van der Waals surface area (Å²) >= 11 is 0. The molecule has 1 amide bonds. The summed E-state index contributed by atoms with van der Waals surface area (Å²) in [5, 5.41) is 18.3. The van der Waals surface area contributed by atoms with Gasteiger partial charge in [-0.2, -0.15) is 5.10 Å². The van der Waals surface area contributed by atoms with Crippen molar-refractivity contribution in [3.05, 3.63) is 30.5 Å². The first-order valence-electron chi connectivity index (χ1n) is 11.0. The second-order valence-electron chi connectivity index (χ2n) is 8.17. The van der Waals surface area contributed by atoms with Crippen LogP contribution in [0.25, 0.3) is 22.4 Å². The smallest absolute Gasteiger partial charge is 0.411 e. The van der Waals surface area contributed by atoms with E-state index in [0.717, 1.165) is 61.4 Å².